The zero-order valence-corrected chi connectivity index (χ0v) is 14.9. The Balaban J connectivity index is 1.97. The van der Waals surface area contributed by atoms with Crippen LogP contribution < -0.4 is 4.90 Å². The van der Waals surface area contributed by atoms with Crippen molar-refractivity contribution >= 4 is 10.9 Å². The van der Waals surface area contributed by atoms with E-state index < -0.39 is 0 Å². The van der Waals surface area contributed by atoms with Gasteiger partial charge >= 0.3 is 0 Å². The van der Waals surface area contributed by atoms with Crippen molar-refractivity contribution in [3.05, 3.63) is 35.5 Å². The van der Waals surface area contributed by atoms with Crippen molar-refractivity contribution < 1.29 is 15.1 Å². The molecule has 4 atom stereocenters. The average molecular weight is 331 g/mol. The molecular formula is C20H31N2O2+. The van der Waals surface area contributed by atoms with Crippen LogP contribution in [0.5, 0.6) is 0 Å². The molecule has 1 aromatic heterocycles. The maximum atomic E-state index is 9.55. The number of para-hydroxylation sites is 1. The van der Waals surface area contributed by atoms with Crippen LogP contribution in [-0.4, -0.2) is 42.0 Å². The Kier molecular flexibility index (Phi) is 5.59. The number of rotatable bonds is 6. The van der Waals surface area contributed by atoms with Crippen molar-refractivity contribution in [2.45, 2.75) is 38.6 Å². The summed E-state index contributed by atoms with van der Waals surface area (Å²) in [5.74, 6) is 1.28. The Labute approximate surface area is 144 Å². The number of aliphatic hydroxyl groups excluding tert-OH is 2. The molecule has 1 unspecified atom stereocenters. The number of piperidine rings is 1. The molecule has 0 aliphatic carbocycles. The topological polar surface area (TPSA) is 60.7 Å². The third-order valence-electron chi connectivity index (χ3n) is 5.97. The third-order valence-corrected chi connectivity index (χ3v) is 5.97. The molecule has 1 saturated heterocycles. The van der Waals surface area contributed by atoms with Crippen molar-refractivity contribution in [1.82, 2.24) is 4.98 Å². The summed E-state index contributed by atoms with van der Waals surface area (Å²) in [6.45, 7) is 3.88. The van der Waals surface area contributed by atoms with E-state index in [4.69, 9.17) is 0 Å². The molecular weight excluding hydrogens is 300 g/mol. The fraction of sp³-hybridized carbons (Fsp3) is 0.600. The minimum Gasteiger partial charge on any atom is -0.396 e. The van der Waals surface area contributed by atoms with Gasteiger partial charge in [-0.15, -0.1) is 0 Å². The number of aromatic amines is 1. The van der Waals surface area contributed by atoms with Crippen LogP contribution in [0.3, 0.4) is 0 Å². The second-order valence-corrected chi connectivity index (χ2v) is 7.32. The lowest BCUT2D eigenvalue weighted by Crippen LogP contribution is -3.11. The van der Waals surface area contributed by atoms with Gasteiger partial charge in [-0.2, -0.15) is 0 Å². The number of hydrogen-bond donors (Lipinski definition) is 4. The summed E-state index contributed by atoms with van der Waals surface area (Å²) in [5, 5.41) is 20.3. The zero-order chi connectivity index (χ0) is 17.1. The summed E-state index contributed by atoms with van der Waals surface area (Å²) in [6.07, 6.45) is 3.89. The van der Waals surface area contributed by atoms with Crippen molar-refractivity contribution in [3.63, 3.8) is 0 Å². The monoisotopic (exact) mass is 331 g/mol. The van der Waals surface area contributed by atoms with E-state index >= 15 is 0 Å². The van der Waals surface area contributed by atoms with Gasteiger partial charge in [-0.3, -0.25) is 0 Å². The van der Waals surface area contributed by atoms with E-state index in [1.165, 1.54) is 28.6 Å². The molecule has 1 fully saturated rings. The van der Waals surface area contributed by atoms with Gasteiger partial charge in [-0.25, -0.2) is 0 Å². The fourth-order valence-corrected chi connectivity index (χ4v) is 4.68. The molecule has 2 aromatic rings. The van der Waals surface area contributed by atoms with Crippen LogP contribution in [0.1, 0.15) is 43.5 Å². The van der Waals surface area contributed by atoms with E-state index in [1.807, 2.05) is 0 Å². The highest BCUT2D eigenvalue weighted by Crippen LogP contribution is 2.34. The lowest BCUT2D eigenvalue weighted by Gasteiger charge is -2.39. The normalized spacial score (nSPS) is 27.7. The summed E-state index contributed by atoms with van der Waals surface area (Å²) in [5.41, 5.74) is 3.73. The Bertz CT molecular complexity index is 667. The van der Waals surface area contributed by atoms with Crippen molar-refractivity contribution in [2.24, 2.45) is 11.8 Å². The number of aliphatic hydroxyl groups is 2. The minimum atomic E-state index is 0.179. The smallest absolute Gasteiger partial charge is 0.128 e. The number of nitrogens with one attached hydrogen (secondary N) is 2. The molecule has 1 aliphatic heterocycles. The first-order valence-electron chi connectivity index (χ1n) is 9.33. The largest absolute Gasteiger partial charge is 0.396 e. The molecule has 0 amide bonds. The predicted octanol–water partition coefficient (Wildman–Crippen LogP) is 1.69. The van der Waals surface area contributed by atoms with Gasteiger partial charge in [-0.1, -0.05) is 25.1 Å². The highest BCUT2D eigenvalue weighted by Gasteiger charge is 2.38. The minimum absolute atomic E-state index is 0.179. The molecule has 0 bridgehead atoms. The standard InChI is InChI=1S/C20H30N2O2/c1-3-14-13-22(2)19(12-15(14)8-10-23)20-17(9-11-24)16-6-4-5-7-18(16)21-20/h4-7,14-15,19,21,23-24H,3,8-13H2,1-2H3/p+1/t14-,15+,19-/m0/s1. The van der Waals surface area contributed by atoms with E-state index in [0.29, 0.717) is 24.3 Å². The van der Waals surface area contributed by atoms with E-state index in [0.717, 1.165) is 19.4 Å². The van der Waals surface area contributed by atoms with E-state index in [1.54, 1.807) is 4.90 Å². The number of fused-ring (bicyclic) bond motifs is 1. The van der Waals surface area contributed by atoms with E-state index in [2.05, 4.69) is 43.2 Å². The molecule has 0 spiro atoms. The number of H-pyrrole nitrogens is 1. The fourth-order valence-electron chi connectivity index (χ4n) is 4.68. The summed E-state index contributed by atoms with van der Waals surface area (Å²) < 4.78 is 0. The number of benzene rings is 1. The number of hydrogen-bond acceptors (Lipinski definition) is 2. The lowest BCUT2D eigenvalue weighted by atomic mass is 9.77. The Morgan fingerprint density at radius 2 is 1.96 bits per heavy atom. The van der Waals surface area contributed by atoms with Crippen molar-refractivity contribution in [2.75, 3.05) is 26.8 Å². The summed E-state index contributed by atoms with van der Waals surface area (Å²) in [6, 6.07) is 8.82. The first kappa shape index (κ1) is 17.5. The van der Waals surface area contributed by atoms with Gasteiger partial charge in [0.15, 0.2) is 0 Å². The number of quaternary nitrogens is 1. The maximum absolute atomic E-state index is 9.55. The summed E-state index contributed by atoms with van der Waals surface area (Å²) >= 11 is 0. The van der Waals surface area contributed by atoms with Gasteiger partial charge in [0.2, 0.25) is 0 Å². The first-order valence-corrected chi connectivity index (χ1v) is 9.33. The van der Waals surface area contributed by atoms with Gasteiger partial charge < -0.3 is 20.1 Å². The van der Waals surface area contributed by atoms with Crippen LogP contribution in [0, 0.1) is 11.8 Å². The molecule has 24 heavy (non-hydrogen) atoms. The van der Waals surface area contributed by atoms with E-state index in [9.17, 15) is 10.2 Å². The maximum Gasteiger partial charge on any atom is 0.128 e. The third kappa shape index (κ3) is 3.23. The number of likely N-dealkylation sites (tertiary alicyclic amines) is 1. The van der Waals surface area contributed by atoms with Gasteiger partial charge in [0.25, 0.3) is 0 Å². The molecule has 1 aliphatic rings. The Morgan fingerprint density at radius 3 is 2.67 bits per heavy atom. The highest BCUT2D eigenvalue weighted by atomic mass is 16.3. The van der Waals surface area contributed by atoms with Crippen molar-refractivity contribution in [3.8, 4) is 0 Å². The first-order chi connectivity index (χ1) is 11.7. The molecule has 1 aromatic carbocycles. The summed E-state index contributed by atoms with van der Waals surface area (Å²) in [7, 11) is 2.29. The van der Waals surface area contributed by atoms with Crippen LogP contribution in [-0.2, 0) is 6.42 Å². The van der Waals surface area contributed by atoms with Crippen LogP contribution in [0.25, 0.3) is 10.9 Å². The second-order valence-electron chi connectivity index (χ2n) is 7.32. The van der Waals surface area contributed by atoms with Crippen molar-refractivity contribution in [1.29, 1.82) is 0 Å². The van der Waals surface area contributed by atoms with Gasteiger partial charge in [0.1, 0.15) is 6.04 Å². The number of aromatic nitrogens is 1. The van der Waals surface area contributed by atoms with Crippen LogP contribution in [0.2, 0.25) is 0 Å². The SMILES string of the molecule is CC[C@H]1C[NH+](C)[C@H](c2[nH]c3ccccc3c2CCO)C[C@H]1CCO. The Morgan fingerprint density at radius 1 is 1.17 bits per heavy atom. The second kappa shape index (κ2) is 7.68. The van der Waals surface area contributed by atoms with E-state index in [-0.39, 0.29) is 13.2 Å². The summed E-state index contributed by atoms with van der Waals surface area (Å²) in [4.78, 5) is 5.19. The predicted molar refractivity (Wildman–Crippen MR) is 97.2 cm³/mol. The zero-order valence-electron chi connectivity index (χ0n) is 14.9. The Hall–Kier alpha value is -1.36. The molecule has 4 nitrogen and oxygen atoms in total. The van der Waals surface area contributed by atoms with Crippen LogP contribution >= 0.6 is 0 Å². The highest BCUT2D eigenvalue weighted by molar-refractivity contribution is 5.84. The van der Waals surface area contributed by atoms with Crippen LogP contribution in [0.15, 0.2) is 24.3 Å². The van der Waals surface area contributed by atoms with Gasteiger partial charge in [0.05, 0.1) is 19.3 Å². The molecule has 132 valence electrons. The molecule has 4 heteroatoms. The quantitative estimate of drug-likeness (QED) is 0.651. The van der Waals surface area contributed by atoms with Crippen LogP contribution in [0.4, 0.5) is 0 Å². The average Bonchev–Trinajstić information content (AvgIpc) is 2.95. The lowest BCUT2D eigenvalue weighted by molar-refractivity contribution is -0.923. The van der Waals surface area contributed by atoms with Gasteiger partial charge in [-0.05, 0) is 36.8 Å². The molecule has 3 rings (SSSR count). The molecule has 0 saturated carbocycles. The molecule has 2 heterocycles. The van der Waals surface area contributed by atoms with Gasteiger partial charge in [0, 0.05) is 36.5 Å². The molecule has 0 radical (unpaired) electrons. The molecule has 4 N–H and O–H groups in total.